The van der Waals surface area contributed by atoms with Crippen LogP contribution in [0.25, 0.3) is 11.1 Å². The highest BCUT2D eigenvalue weighted by molar-refractivity contribution is 5.86. The van der Waals surface area contributed by atoms with Crippen molar-refractivity contribution < 1.29 is 24.2 Å². The Morgan fingerprint density at radius 2 is 1.60 bits per heavy atom. The van der Waals surface area contributed by atoms with Crippen molar-refractivity contribution >= 4 is 18.0 Å². The number of aliphatic carboxylic acids is 1. The number of hydrogen-bond acceptors (Lipinski definition) is 4. The van der Waals surface area contributed by atoms with Crippen LogP contribution >= 0.6 is 0 Å². The van der Waals surface area contributed by atoms with Crippen molar-refractivity contribution in [1.29, 1.82) is 0 Å². The van der Waals surface area contributed by atoms with E-state index in [1.807, 2.05) is 45.0 Å². The molecule has 0 radical (unpaired) electrons. The van der Waals surface area contributed by atoms with E-state index in [0.29, 0.717) is 6.42 Å². The molecule has 186 valence electrons. The smallest absolute Gasteiger partial charge is 0.407 e. The van der Waals surface area contributed by atoms with Crippen LogP contribution in [-0.4, -0.2) is 42.3 Å². The van der Waals surface area contributed by atoms with Gasteiger partial charge >= 0.3 is 12.1 Å². The van der Waals surface area contributed by atoms with Gasteiger partial charge in [-0.05, 0) is 41.0 Å². The molecule has 35 heavy (non-hydrogen) atoms. The number of carbonyl (C=O) groups is 3. The van der Waals surface area contributed by atoms with E-state index in [1.165, 1.54) is 13.0 Å². The molecule has 7 heteroatoms. The van der Waals surface area contributed by atoms with Crippen LogP contribution in [0.2, 0.25) is 0 Å². The van der Waals surface area contributed by atoms with Crippen molar-refractivity contribution in [3.63, 3.8) is 0 Å². The summed E-state index contributed by atoms with van der Waals surface area (Å²) >= 11 is 0. The SMILES string of the molecule is C/C(=C\CNC(=O)CC(CC(C)(C)C)NC(=O)OCC1c2ccccc2-c2ccccc21)C(=O)O. The van der Waals surface area contributed by atoms with Gasteiger partial charge in [0.25, 0.3) is 0 Å². The van der Waals surface area contributed by atoms with Crippen LogP contribution in [0.3, 0.4) is 0 Å². The Labute approximate surface area is 206 Å². The van der Waals surface area contributed by atoms with Gasteiger partial charge in [-0.25, -0.2) is 9.59 Å². The minimum absolute atomic E-state index is 0.0400. The molecule has 0 aliphatic heterocycles. The number of nitrogens with one attached hydrogen (secondary N) is 2. The van der Waals surface area contributed by atoms with E-state index >= 15 is 0 Å². The van der Waals surface area contributed by atoms with E-state index in [-0.39, 0.29) is 42.4 Å². The second-order valence-corrected chi connectivity index (χ2v) is 10.1. The Morgan fingerprint density at radius 1 is 1.03 bits per heavy atom. The van der Waals surface area contributed by atoms with E-state index in [9.17, 15) is 14.4 Å². The van der Waals surface area contributed by atoms with E-state index in [1.54, 1.807) is 0 Å². The first kappa shape index (κ1) is 26.0. The molecule has 0 aromatic heterocycles. The Balaban J connectivity index is 1.60. The summed E-state index contributed by atoms with van der Waals surface area (Å²) in [6.07, 6.45) is 1.53. The Morgan fingerprint density at radius 3 is 2.14 bits per heavy atom. The van der Waals surface area contributed by atoms with E-state index in [0.717, 1.165) is 22.3 Å². The van der Waals surface area contributed by atoms with E-state index in [2.05, 4.69) is 34.9 Å². The number of ether oxygens (including phenoxy) is 1. The summed E-state index contributed by atoms with van der Waals surface area (Å²) in [5, 5.41) is 14.5. The van der Waals surface area contributed by atoms with Crippen molar-refractivity contribution in [2.45, 2.75) is 52.5 Å². The van der Waals surface area contributed by atoms with Crippen LogP contribution in [0.5, 0.6) is 0 Å². The largest absolute Gasteiger partial charge is 0.478 e. The maximum Gasteiger partial charge on any atom is 0.407 e. The number of carbonyl (C=O) groups excluding carboxylic acids is 2. The van der Waals surface area contributed by atoms with Gasteiger partial charge in [0.05, 0.1) is 0 Å². The van der Waals surface area contributed by atoms with Crippen molar-refractivity contribution in [2.24, 2.45) is 5.41 Å². The number of rotatable bonds is 9. The number of carboxylic acid groups (broad SMARTS) is 1. The van der Waals surface area contributed by atoms with Crippen LogP contribution in [-0.2, 0) is 14.3 Å². The third-order valence-electron chi connectivity index (χ3n) is 6.00. The first-order valence-corrected chi connectivity index (χ1v) is 11.8. The zero-order valence-electron chi connectivity index (χ0n) is 20.8. The fourth-order valence-electron chi connectivity index (χ4n) is 4.42. The van der Waals surface area contributed by atoms with E-state index < -0.39 is 18.1 Å². The summed E-state index contributed by atoms with van der Waals surface area (Å²) in [7, 11) is 0. The van der Waals surface area contributed by atoms with Gasteiger partial charge < -0.3 is 20.5 Å². The highest BCUT2D eigenvalue weighted by atomic mass is 16.5. The summed E-state index contributed by atoms with van der Waals surface area (Å²) in [5.41, 5.74) is 4.63. The molecule has 0 spiro atoms. The lowest BCUT2D eigenvalue weighted by atomic mass is 9.87. The number of carboxylic acids is 1. The van der Waals surface area contributed by atoms with E-state index in [4.69, 9.17) is 9.84 Å². The number of hydrogen-bond donors (Lipinski definition) is 3. The molecule has 0 fully saturated rings. The van der Waals surface area contributed by atoms with Crippen molar-refractivity contribution in [3.8, 4) is 11.1 Å². The monoisotopic (exact) mass is 478 g/mol. The highest BCUT2D eigenvalue weighted by Gasteiger charge is 2.30. The Kier molecular flexibility index (Phi) is 8.33. The number of alkyl carbamates (subject to hydrolysis) is 1. The fourth-order valence-corrected chi connectivity index (χ4v) is 4.42. The molecule has 1 atom stereocenters. The first-order valence-electron chi connectivity index (χ1n) is 11.8. The second kappa shape index (κ2) is 11.2. The number of fused-ring (bicyclic) bond motifs is 3. The molecule has 2 amide bonds. The lowest BCUT2D eigenvalue weighted by molar-refractivity contribution is -0.132. The van der Waals surface area contributed by atoms with Gasteiger partial charge in [0.2, 0.25) is 5.91 Å². The van der Waals surface area contributed by atoms with Gasteiger partial charge in [0, 0.05) is 30.5 Å². The number of benzene rings is 2. The van der Waals surface area contributed by atoms with Gasteiger partial charge in [-0.15, -0.1) is 0 Å². The molecule has 1 aliphatic carbocycles. The third-order valence-corrected chi connectivity index (χ3v) is 6.00. The predicted octanol–water partition coefficient (Wildman–Crippen LogP) is 4.87. The number of amides is 2. The average Bonchev–Trinajstić information content (AvgIpc) is 3.10. The van der Waals surface area contributed by atoms with Crippen LogP contribution in [0, 0.1) is 5.41 Å². The third kappa shape index (κ3) is 7.18. The molecule has 0 saturated carbocycles. The minimum Gasteiger partial charge on any atom is -0.478 e. The summed E-state index contributed by atoms with van der Waals surface area (Å²) in [5.74, 6) is -1.34. The second-order valence-electron chi connectivity index (χ2n) is 10.1. The lowest BCUT2D eigenvalue weighted by Crippen LogP contribution is -2.42. The molecule has 7 nitrogen and oxygen atoms in total. The first-order chi connectivity index (χ1) is 16.5. The van der Waals surface area contributed by atoms with Crippen molar-refractivity contribution in [3.05, 3.63) is 71.3 Å². The van der Waals surface area contributed by atoms with Crippen molar-refractivity contribution in [2.75, 3.05) is 13.2 Å². The fraction of sp³-hybridized carbons (Fsp3) is 0.393. The summed E-state index contributed by atoms with van der Waals surface area (Å²) in [4.78, 5) is 36.1. The molecule has 0 saturated heterocycles. The molecule has 2 aromatic rings. The van der Waals surface area contributed by atoms with Crippen LogP contribution in [0.1, 0.15) is 57.6 Å². The Hall–Kier alpha value is -3.61. The molecular formula is C28H34N2O5. The maximum atomic E-state index is 12.7. The standard InChI is InChI=1S/C28H34N2O5/c1-18(26(32)33)13-14-29-25(31)15-19(16-28(2,3)4)30-27(34)35-17-24-22-11-7-5-9-20(22)21-10-6-8-12-23(21)24/h5-13,19,24H,14-17H2,1-4H3,(H,29,31)(H,30,34)(H,32,33)/b18-13+. The summed E-state index contributed by atoms with van der Waals surface area (Å²) in [6, 6.07) is 15.9. The molecule has 1 unspecified atom stereocenters. The molecule has 2 aromatic carbocycles. The lowest BCUT2D eigenvalue weighted by Gasteiger charge is -2.26. The van der Waals surface area contributed by atoms with Gasteiger partial charge in [0.1, 0.15) is 6.61 Å². The zero-order valence-corrected chi connectivity index (χ0v) is 20.8. The molecule has 0 bridgehead atoms. The minimum atomic E-state index is -1.03. The van der Waals surface area contributed by atoms with Crippen LogP contribution in [0.4, 0.5) is 4.79 Å². The summed E-state index contributed by atoms with van der Waals surface area (Å²) in [6.45, 7) is 7.90. The molecule has 3 rings (SSSR count). The predicted molar refractivity (Wildman–Crippen MR) is 135 cm³/mol. The molecule has 3 N–H and O–H groups in total. The van der Waals surface area contributed by atoms with Crippen LogP contribution in [0.15, 0.2) is 60.2 Å². The molecule has 1 aliphatic rings. The topological polar surface area (TPSA) is 105 Å². The Bertz CT molecular complexity index is 1070. The van der Waals surface area contributed by atoms with Gasteiger partial charge in [-0.1, -0.05) is 75.4 Å². The van der Waals surface area contributed by atoms with Crippen molar-refractivity contribution in [1.82, 2.24) is 10.6 Å². The molecule has 0 heterocycles. The van der Waals surface area contributed by atoms with Gasteiger partial charge in [-0.2, -0.15) is 0 Å². The maximum absolute atomic E-state index is 12.7. The quantitative estimate of drug-likeness (QED) is 0.446. The van der Waals surface area contributed by atoms with Gasteiger partial charge in [-0.3, -0.25) is 4.79 Å². The molecular weight excluding hydrogens is 444 g/mol. The van der Waals surface area contributed by atoms with Gasteiger partial charge in [0.15, 0.2) is 0 Å². The normalized spacial score (nSPS) is 14.0. The zero-order chi connectivity index (χ0) is 25.6. The summed E-state index contributed by atoms with van der Waals surface area (Å²) < 4.78 is 5.65. The average molecular weight is 479 g/mol. The van der Waals surface area contributed by atoms with Crippen LogP contribution < -0.4 is 10.6 Å². The highest BCUT2D eigenvalue weighted by Crippen LogP contribution is 2.44.